The third-order valence-electron chi connectivity index (χ3n) is 3.78. The van der Waals surface area contributed by atoms with Gasteiger partial charge in [-0.15, -0.1) is 0 Å². The lowest BCUT2D eigenvalue weighted by molar-refractivity contribution is -0.121. The molecule has 0 aromatic carbocycles. The molecule has 5 nitrogen and oxygen atoms in total. The highest BCUT2D eigenvalue weighted by Crippen LogP contribution is 2.24. The van der Waals surface area contributed by atoms with Gasteiger partial charge in [-0.2, -0.15) is 0 Å². The van der Waals surface area contributed by atoms with E-state index >= 15 is 0 Å². The zero-order valence-corrected chi connectivity index (χ0v) is 12.5. The summed E-state index contributed by atoms with van der Waals surface area (Å²) >= 11 is 0. The molecule has 0 saturated carbocycles. The van der Waals surface area contributed by atoms with Crippen molar-refractivity contribution in [3.05, 3.63) is 24.4 Å². The summed E-state index contributed by atoms with van der Waals surface area (Å²) in [6.45, 7) is 3.97. The summed E-state index contributed by atoms with van der Waals surface area (Å²) in [7, 11) is 0. The predicted octanol–water partition coefficient (Wildman–Crippen LogP) is 1.78. The quantitative estimate of drug-likeness (QED) is 0.777. The van der Waals surface area contributed by atoms with E-state index in [-0.39, 0.29) is 5.91 Å². The SMILES string of the molecule is CC(=O)NCCCC(=O)C[C@@H]1CCN(c2ccccn2)C1. The second kappa shape index (κ2) is 7.76. The number of anilines is 1. The van der Waals surface area contributed by atoms with Gasteiger partial charge >= 0.3 is 0 Å². The maximum atomic E-state index is 11.9. The number of rotatable bonds is 7. The molecule has 1 fully saturated rings. The Hall–Kier alpha value is -1.91. The molecule has 2 rings (SSSR count). The van der Waals surface area contributed by atoms with Crippen molar-refractivity contribution in [3.63, 3.8) is 0 Å². The Bertz CT molecular complexity index is 476. The Kier molecular flexibility index (Phi) is 5.72. The molecule has 1 amide bonds. The van der Waals surface area contributed by atoms with E-state index in [0.29, 0.717) is 31.1 Å². The summed E-state index contributed by atoms with van der Waals surface area (Å²) < 4.78 is 0. The third-order valence-corrected chi connectivity index (χ3v) is 3.78. The van der Waals surface area contributed by atoms with E-state index in [1.807, 2.05) is 18.2 Å². The Morgan fingerprint density at radius 1 is 1.43 bits per heavy atom. The number of carbonyl (C=O) groups excluding carboxylic acids is 2. The van der Waals surface area contributed by atoms with E-state index in [9.17, 15) is 9.59 Å². The number of aromatic nitrogens is 1. The van der Waals surface area contributed by atoms with E-state index in [0.717, 1.165) is 31.7 Å². The largest absolute Gasteiger partial charge is 0.356 e. The monoisotopic (exact) mass is 289 g/mol. The summed E-state index contributed by atoms with van der Waals surface area (Å²) in [6.07, 6.45) is 4.78. The van der Waals surface area contributed by atoms with Gasteiger partial charge in [-0.25, -0.2) is 4.98 Å². The van der Waals surface area contributed by atoms with Crippen LogP contribution in [0.15, 0.2) is 24.4 Å². The maximum Gasteiger partial charge on any atom is 0.216 e. The van der Waals surface area contributed by atoms with Crippen LogP contribution < -0.4 is 10.2 Å². The van der Waals surface area contributed by atoms with Gasteiger partial charge in [0.25, 0.3) is 0 Å². The van der Waals surface area contributed by atoms with E-state index in [1.54, 1.807) is 6.20 Å². The van der Waals surface area contributed by atoms with Gasteiger partial charge in [0.15, 0.2) is 0 Å². The molecule has 1 aliphatic rings. The lowest BCUT2D eigenvalue weighted by Crippen LogP contribution is -2.22. The second-order valence-corrected chi connectivity index (χ2v) is 5.62. The van der Waals surface area contributed by atoms with Crippen molar-refractivity contribution in [2.24, 2.45) is 5.92 Å². The Morgan fingerprint density at radius 3 is 3.00 bits per heavy atom. The molecule has 0 spiro atoms. The lowest BCUT2D eigenvalue weighted by Gasteiger charge is -2.17. The number of hydrogen-bond acceptors (Lipinski definition) is 4. The summed E-state index contributed by atoms with van der Waals surface area (Å²) in [4.78, 5) is 29.3. The van der Waals surface area contributed by atoms with Crippen LogP contribution in [0.1, 0.15) is 32.6 Å². The van der Waals surface area contributed by atoms with E-state index < -0.39 is 0 Å². The highest BCUT2D eigenvalue weighted by atomic mass is 16.1. The third kappa shape index (κ3) is 5.17. The molecular weight excluding hydrogens is 266 g/mol. The van der Waals surface area contributed by atoms with Crippen LogP contribution in [0, 0.1) is 5.92 Å². The number of pyridine rings is 1. The smallest absolute Gasteiger partial charge is 0.216 e. The first-order chi connectivity index (χ1) is 10.1. The number of nitrogens with zero attached hydrogens (tertiary/aromatic N) is 2. The highest BCUT2D eigenvalue weighted by molar-refractivity contribution is 5.79. The maximum absolute atomic E-state index is 11.9. The first-order valence-electron chi connectivity index (χ1n) is 7.57. The topological polar surface area (TPSA) is 62.3 Å². The van der Waals surface area contributed by atoms with Crippen LogP contribution in [0.25, 0.3) is 0 Å². The molecule has 1 aromatic rings. The van der Waals surface area contributed by atoms with Crippen molar-refractivity contribution in [1.29, 1.82) is 0 Å². The number of nitrogens with one attached hydrogen (secondary N) is 1. The molecule has 0 bridgehead atoms. The van der Waals surface area contributed by atoms with Gasteiger partial charge in [-0.05, 0) is 30.9 Å². The zero-order valence-electron chi connectivity index (χ0n) is 12.5. The van der Waals surface area contributed by atoms with Gasteiger partial charge in [0.05, 0.1) is 0 Å². The van der Waals surface area contributed by atoms with Crippen molar-refractivity contribution < 1.29 is 9.59 Å². The number of Topliss-reactive ketones (excluding diaryl/α,β-unsaturated/α-hetero) is 1. The van der Waals surface area contributed by atoms with Gasteiger partial charge < -0.3 is 10.2 Å². The van der Waals surface area contributed by atoms with Crippen molar-refractivity contribution in [2.45, 2.75) is 32.6 Å². The van der Waals surface area contributed by atoms with Gasteiger partial charge in [0.1, 0.15) is 11.6 Å². The molecule has 114 valence electrons. The average molecular weight is 289 g/mol. The van der Waals surface area contributed by atoms with E-state index in [2.05, 4.69) is 15.2 Å². The van der Waals surface area contributed by atoms with Crippen LogP contribution in [0.2, 0.25) is 0 Å². The molecule has 1 aliphatic heterocycles. The van der Waals surface area contributed by atoms with E-state index in [4.69, 9.17) is 0 Å². The molecule has 1 aromatic heterocycles. The highest BCUT2D eigenvalue weighted by Gasteiger charge is 2.24. The minimum absolute atomic E-state index is 0.0377. The number of carbonyl (C=O) groups is 2. The number of ketones is 1. The summed E-state index contributed by atoms with van der Waals surface area (Å²) in [5, 5.41) is 2.72. The fourth-order valence-electron chi connectivity index (χ4n) is 2.72. The Morgan fingerprint density at radius 2 is 2.29 bits per heavy atom. The lowest BCUT2D eigenvalue weighted by atomic mass is 9.99. The van der Waals surface area contributed by atoms with Crippen molar-refractivity contribution in [2.75, 3.05) is 24.5 Å². The summed E-state index contributed by atoms with van der Waals surface area (Å²) in [5.41, 5.74) is 0. The van der Waals surface area contributed by atoms with Gasteiger partial charge in [-0.1, -0.05) is 6.07 Å². The molecular formula is C16H23N3O2. The predicted molar refractivity (Wildman–Crippen MR) is 82.1 cm³/mol. The van der Waals surface area contributed by atoms with E-state index in [1.165, 1.54) is 6.92 Å². The normalized spacial score (nSPS) is 17.8. The van der Waals surface area contributed by atoms with Crippen LogP contribution in [-0.4, -0.2) is 36.3 Å². The van der Waals surface area contributed by atoms with Crippen molar-refractivity contribution >= 4 is 17.5 Å². The van der Waals surface area contributed by atoms with Crippen molar-refractivity contribution in [1.82, 2.24) is 10.3 Å². The second-order valence-electron chi connectivity index (χ2n) is 5.62. The first-order valence-corrected chi connectivity index (χ1v) is 7.57. The minimum atomic E-state index is -0.0377. The van der Waals surface area contributed by atoms with Crippen LogP contribution in [0.4, 0.5) is 5.82 Å². The molecule has 5 heteroatoms. The van der Waals surface area contributed by atoms with Gasteiger partial charge in [-0.3, -0.25) is 9.59 Å². The molecule has 1 saturated heterocycles. The fraction of sp³-hybridized carbons (Fsp3) is 0.562. The van der Waals surface area contributed by atoms with Crippen LogP contribution >= 0.6 is 0 Å². The standard InChI is InChI=1S/C16H23N3O2/c1-13(20)17-9-4-5-15(21)11-14-7-10-19(12-14)16-6-2-3-8-18-16/h2-3,6,8,14H,4-5,7,9-12H2,1H3,(H,17,20)/t14-/m0/s1. The number of hydrogen-bond donors (Lipinski definition) is 1. The molecule has 0 radical (unpaired) electrons. The summed E-state index contributed by atoms with van der Waals surface area (Å²) in [5.74, 6) is 1.69. The Balaban J connectivity index is 1.68. The zero-order chi connectivity index (χ0) is 15.1. The Labute approximate surface area is 125 Å². The van der Waals surface area contributed by atoms with Gasteiger partial charge in [0.2, 0.25) is 5.91 Å². The molecule has 2 heterocycles. The molecule has 0 unspecified atom stereocenters. The molecule has 1 atom stereocenters. The number of amides is 1. The van der Waals surface area contributed by atoms with Crippen LogP contribution in [0.3, 0.4) is 0 Å². The molecule has 1 N–H and O–H groups in total. The molecule has 0 aliphatic carbocycles. The van der Waals surface area contributed by atoms with Crippen molar-refractivity contribution in [3.8, 4) is 0 Å². The van der Waals surface area contributed by atoms with Crippen LogP contribution in [-0.2, 0) is 9.59 Å². The fourth-order valence-corrected chi connectivity index (χ4v) is 2.72. The minimum Gasteiger partial charge on any atom is -0.356 e. The molecule has 21 heavy (non-hydrogen) atoms. The van der Waals surface area contributed by atoms with Gasteiger partial charge in [0, 0.05) is 45.6 Å². The summed E-state index contributed by atoms with van der Waals surface area (Å²) in [6, 6.07) is 5.91. The average Bonchev–Trinajstić information content (AvgIpc) is 2.93. The van der Waals surface area contributed by atoms with Crippen LogP contribution in [0.5, 0.6) is 0 Å². The first kappa shape index (κ1) is 15.5.